The molecule has 1 atom stereocenters. The van der Waals surface area contributed by atoms with E-state index in [9.17, 15) is 44.3 Å². The Morgan fingerprint density at radius 1 is 0.970 bits per heavy atom. The van der Waals surface area contributed by atoms with Gasteiger partial charge < -0.3 is 5.11 Å². The van der Waals surface area contributed by atoms with Crippen LogP contribution in [0.3, 0.4) is 0 Å². The first kappa shape index (κ1) is 27.6. The van der Waals surface area contributed by atoms with E-state index < -0.39 is 71.9 Å². The lowest BCUT2D eigenvalue weighted by Gasteiger charge is -2.21. The van der Waals surface area contributed by atoms with Gasteiger partial charge in [-0.2, -0.15) is 35.1 Å². The third-order valence-corrected chi connectivity index (χ3v) is 5.59. The fraction of sp³-hybridized carbons (Fsp3) is 0.211. The summed E-state index contributed by atoms with van der Waals surface area (Å²) in [4.78, 5) is 11.0. The smallest absolute Gasteiger partial charge is 0.417 e. The number of aromatic carboxylic acids is 1. The van der Waals surface area contributed by atoms with Crippen molar-refractivity contribution in [2.75, 3.05) is 0 Å². The molecule has 0 spiro atoms. The van der Waals surface area contributed by atoms with Crippen LogP contribution in [-0.2, 0) is 10.1 Å². The second kappa shape index (κ2) is 9.53. The van der Waals surface area contributed by atoms with Crippen molar-refractivity contribution in [3.05, 3.63) is 74.3 Å². The highest BCUT2D eigenvalue weighted by atomic mass is 127. The Hall–Kier alpha value is -1.67. The highest BCUT2D eigenvalue weighted by Gasteiger charge is 2.42. The second-order valence-corrected chi connectivity index (χ2v) is 8.60. The van der Waals surface area contributed by atoms with Gasteiger partial charge in [-0.3, -0.25) is 0 Å². The van der Waals surface area contributed by atoms with E-state index in [1.54, 1.807) is 0 Å². The Balaban J connectivity index is 2.69. The molecular formula is C19H8Cl2F9IO2. The summed E-state index contributed by atoms with van der Waals surface area (Å²) in [5, 5.41) is 7.44. The summed E-state index contributed by atoms with van der Waals surface area (Å²) in [7, 11) is 0. The molecule has 0 radical (unpaired) electrons. The second-order valence-electron chi connectivity index (χ2n) is 6.46. The Labute approximate surface area is 203 Å². The predicted molar refractivity (Wildman–Crippen MR) is 111 cm³/mol. The topological polar surface area (TPSA) is 37.3 Å². The zero-order valence-electron chi connectivity index (χ0n) is 15.4. The number of carboxylic acid groups (broad SMARTS) is 1. The maximum Gasteiger partial charge on any atom is 0.417 e. The molecule has 2 nitrogen and oxygen atoms in total. The summed E-state index contributed by atoms with van der Waals surface area (Å²) in [6.45, 7) is 0. The SMILES string of the molecule is O=C(O)c1ccc(/C(F)=C/C(c2cc(Cl)c(Cl)c(C(F)(F)I)c2)C(F)(F)F)cc1C(F)(F)F. The average Bonchev–Trinajstić information content (AvgIpc) is 2.64. The van der Waals surface area contributed by atoms with Crippen molar-refractivity contribution in [1.29, 1.82) is 0 Å². The van der Waals surface area contributed by atoms with E-state index in [1.807, 2.05) is 0 Å². The number of hydrogen-bond acceptors (Lipinski definition) is 1. The van der Waals surface area contributed by atoms with Crippen molar-refractivity contribution in [3.63, 3.8) is 0 Å². The van der Waals surface area contributed by atoms with Crippen molar-refractivity contribution in [2.45, 2.75) is 22.2 Å². The molecule has 180 valence electrons. The van der Waals surface area contributed by atoms with Crippen LogP contribution in [0.5, 0.6) is 0 Å². The Morgan fingerprint density at radius 2 is 1.55 bits per heavy atom. The first-order chi connectivity index (χ1) is 14.8. The number of benzene rings is 2. The third kappa shape index (κ3) is 6.47. The maximum atomic E-state index is 14.7. The molecule has 1 N–H and O–H groups in total. The molecule has 0 aromatic heterocycles. The van der Waals surface area contributed by atoms with Gasteiger partial charge in [0.2, 0.25) is 0 Å². The molecule has 33 heavy (non-hydrogen) atoms. The minimum Gasteiger partial charge on any atom is -0.478 e. The average molecular weight is 637 g/mol. The van der Waals surface area contributed by atoms with Gasteiger partial charge in [0.25, 0.3) is 0 Å². The largest absolute Gasteiger partial charge is 0.478 e. The normalized spacial score (nSPS) is 14.4. The van der Waals surface area contributed by atoms with Crippen molar-refractivity contribution in [3.8, 4) is 0 Å². The summed E-state index contributed by atoms with van der Waals surface area (Å²) < 4.78 is 119. The molecule has 14 heteroatoms. The molecule has 0 saturated carbocycles. The monoisotopic (exact) mass is 636 g/mol. The highest BCUT2D eigenvalue weighted by molar-refractivity contribution is 14.1. The van der Waals surface area contributed by atoms with E-state index in [1.165, 1.54) is 0 Å². The minimum absolute atomic E-state index is 0.0297. The maximum absolute atomic E-state index is 14.7. The number of carboxylic acids is 1. The van der Waals surface area contributed by atoms with E-state index >= 15 is 0 Å². The summed E-state index contributed by atoms with van der Waals surface area (Å²) in [6.07, 6.45) is -10.7. The lowest BCUT2D eigenvalue weighted by Crippen LogP contribution is -2.20. The lowest BCUT2D eigenvalue weighted by molar-refractivity contribution is -0.140. The van der Waals surface area contributed by atoms with Gasteiger partial charge in [0, 0.05) is 28.2 Å². The molecule has 0 aliphatic rings. The molecule has 0 heterocycles. The number of hydrogen-bond donors (Lipinski definition) is 1. The van der Waals surface area contributed by atoms with Crippen LogP contribution >= 0.6 is 45.8 Å². The van der Waals surface area contributed by atoms with Crippen LogP contribution in [0.15, 0.2) is 36.4 Å². The van der Waals surface area contributed by atoms with Crippen LogP contribution in [0.4, 0.5) is 39.5 Å². The standard InChI is InChI=1S/C19H8Cl2F9IO2/c20-13-5-8(4-12(15(13)21)19(29,30)31)10(17(23,24)25)6-14(22)7-1-2-9(16(32)33)11(3-7)18(26,27)28/h1-6,10H,(H,32,33)/b14-6-. The first-order valence-electron chi connectivity index (χ1n) is 8.29. The summed E-state index contributed by atoms with van der Waals surface area (Å²) in [6, 6.07) is 1.88. The highest BCUT2D eigenvalue weighted by Crippen LogP contribution is 2.46. The van der Waals surface area contributed by atoms with Crippen LogP contribution in [0.2, 0.25) is 10.0 Å². The molecule has 2 aromatic carbocycles. The molecule has 0 amide bonds. The zero-order valence-corrected chi connectivity index (χ0v) is 19.1. The first-order valence-corrected chi connectivity index (χ1v) is 10.1. The predicted octanol–water partition coefficient (Wildman–Crippen LogP) is 8.85. The quantitative estimate of drug-likeness (QED) is 0.202. The van der Waals surface area contributed by atoms with Gasteiger partial charge in [-0.05, 0) is 35.9 Å². The molecule has 1 unspecified atom stereocenters. The molecule has 0 fully saturated rings. The van der Waals surface area contributed by atoms with Crippen LogP contribution in [0.1, 0.15) is 38.5 Å². The van der Waals surface area contributed by atoms with E-state index in [4.69, 9.17) is 28.3 Å². The van der Waals surface area contributed by atoms with Gasteiger partial charge >= 0.3 is 22.3 Å². The Kier molecular flexibility index (Phi) is 7.96. The van der Waals surface area contributed by atoms with Gasteiger partial charge in [0.05, 0.1) is 26.7 Å². The zero-order chi connectivity index (χ0) is 25.5. The van der Waals surface area contributed by atoms with Gasteiger partial charge in [0.15, 0.2) is 0 Å². The fourth-order valence-electron chi connectivity index (χ4n) is 2.73. The van der Waals surface area contributed by atoms with Crippen LogP contribution in [0.25, 0.3) is 5.83 Å². The molecule has 0 aliphatic carbocycles. The molecule has 0 bridgehead atoms. The van der Waals surface area contributed by atoms with Gasteiger partial charge in [-0.1, -0.05) is 29.3 Å². The van der Waals surface area contributed by atoms with E-state index in [-0.39, 0.29) is 12.1 Å². The van der Waals surface area contributed by atoms with E-state index in [0.717, 1.165) is 0 Å². The van der Waals surface area contributed by atoms with Gasteiger partial charge in [-0.15, -0.1) is 0 Å². The van der Waals surface area contributed by atoms with Crippen molar-refractivity contribution in [2.24, 2.45) is 0 Å². The minimum atomic E-state index is -5.28. The fourth-order valence-corrected chi connectivity index (χ4v) is 3.77. The van der Waals surface area contributed by atoms with Gasteiger partial charge in [0.1, 0.15) is 11.7 Å². The third-order valence-electron chi connectivity index (χ3n) is 4.21. The summed E-state index contributed by atoms with van der Waals surface area (Å²) in [5.41, 5.74) is -6.08. The number of halogens is 12. The number of rotatable bonds is 5. The van der Waals surface area contributed by atoms with E-state index in [0.29, 0.717) is 46.9 Å². The van der Waals surface area contributed by atoms with Crippen molar-refractivity contribution >= 4 is 57.6 Å². The molecule has 2 rings (SSSR count). The molecule has 0 aliphatic heterocycles. The molecule has 2 aromatic rings. The Bertz CT molecular complexity index is 1110. The number of allylic oxidation sites excluding steroid dienone is 1. The summed E-state index contributed by atoms with van der Waals surface area (Å²) in [5.74, 6) is -6.71. The van der Waals surface area contributed by atoms with E-state index in [2.05, 4.69) is 0 Å². The number of carbonyl (C=O) groups is 1. The van der Waals surface area contributed by atoms with Crippen LogP contribution in [-0.4, -0.2) is 17.3 Å². The van der Waals surface area contributed by atoms with Crippen molar-refractivity contribution in [1.82, 2.24) is 0 Å². The van der Waals surface area contributed by atoms with Crippen LogP contribution in [0, 0.1) is 0 Å². The van der Waals surface area contributed by atoms with Gasteiger partial charge in [-0.25, -0.2) is 9.18 Å². The Morgan fingerprint density at radius 3 is 2.00 bits per heavy atom. The molecular weight excluding hydrogens is 629 g/mol. The lowest BCUT2D eigenvalue weighted by atomic mass is 9.94. The summed E-state index contributed by atoms with van der Waals surface area (Å²) >= 11 is 11.9. The number of alkyl halides is 9. The molecule has 0 saturated heterocycles. The van der Waals surface area contributed by atoms with Crippen molar-refractivity contribution < 1.29 is 49.4 Å². The van der Waals surface area contributed by atoms with Crippen LogP contribution < -0.4 is 0 Å².